The van der Waals surface area contributed by atoms with Gasteiger partial charge in [-0.1, -0.05) is 49.7 Å². The summed E-state index contributed by atoms with van der Waals surface area (Å²) >= 11 is 0. The van der Waals surface area contributed by atoms with Gasteiger partial charge in [-0.25, -0.2) is 4.79 Å². The van der Waals surface area contributed by atoms with Crippen LogP contribution in [-0.2, 0) is 17.8 Å². The van der Waals surface area contributed by atoms with Crippen LogP contribution in [0.25, 0.3) is 0 Å². The van der Waals surface area contributed by atoms with Gasteiger partial charge >= 0.3 is 6.09 Å². The Bertz CT molecular complexity index is 893. The highest BCUT2D eigenvalue weighted by Crippen LogP contribution is 2.37. The summed E-state index contributed by atoms with van der Waals surface area (Å²) in [6.07, 6.45) is 5.52. The molecule has 1 aliphatic carbocycles. The Morgan fingerprint density at radius 2 is 1.85 bits per heavy atom. The summed E-state index contributed by atoms with van der Waals surface area (Å²) in [6, 6.07) is 16.9. The predicted octanol–water partition coefficient (Wildman–Crippen LogP) is 5.64. The van der Waals surface area contributed by atoms with E-state index in [4.69, 9.17) is 4.74 Å². The molecule has 1 unspecified atom stereocenters. The number of hydrogen-bond acceptors (Lipinski definition) is 4. The number of anilines is 1. The van der Waals surface area contributed by atoms with Crippen LogP contribution in [0.1, 0.15) is 62.3 Å². The molecule has 0 radical (unpaired) electrons. The average molecular weight is 450 g/mol. The standard InChI is InChI=1S/C28H39N3O2/c1-3-5-16-29-17-19-30(20-18-29)25-15-14-24-12-9-13-27(26(24)21-25)31(4-2)28(32)33-22-23-10-7-6-8-11-23/h6-8,10-11,14-15,21,27H,3-5,9,12-13,16-20,22H2,1-2H3. The molecule has 0 N–H and O–H groups in total. The molecular weight excluding hydrogens is 410 g/mol. The van der Waals surface area contributed by atoms with E-state index in [0.717, 1.165) is 51.0 Å². The zero-order valence-electron chi connectivity index (χ0n) is 20.3. The normalized spacial score (nSPS) is 18.6. The van der Waals surface area contributed by atoms with Crippen molar-refractivity contribution in [2.75, 3.05) is 44.2 Å². The fourth-order valence-corrected chi connectivity index (χ4v) is 5.17. The van der Waals surface area contributed by atoms with E-state index in [2.05, 4.69) is 41.8 Å². The fourth-order valence-electron chi connectivity index (χ4n) is 5.17. The highest BCUT2D eigenvalue weighted by molar-refractivity contribution is 5.69. The first-order valence-corrected chi connectivity index (χ1v) is 12.8. The lowest BCUT2D eigenvalue weighted by Crippen LogP contribution is -2.46. The maximum atomic E-state index is 13.1. The Morgan fingerprint density at radius 1 is 1.06 bits per heavy atom. The van der Waals surface area contributed by atoms with E-state index >= 15 is 0 Å². The molecule has 2 aromatic carbocycles. The van der Waals surface area contributed by atoms with Crippen molar-refractivity contribution < 1.29 is 9.53 Å². The number of carbonyl (C=O) groups is 1. The maximum Gasteiger partial charge on any atom is 0.410 e. The Labute approximate surface area is 199 Å². The first-order chi connectivity index (χ1) is 16.2. The highest BCUT2D eigenvalue weighted by Gasteiger charge is 2.30. The molecule has 1 fully saturated rings. The number of amides is 1. The molecule has 5 heteroatoms. The molecule has 1 atom stereocenters. The number of piperazine rings is 1. The summed E-state index contributed by atoms with van der Waals surface area (Å²) in [7, 11) is 0. The maximum absolute atomic E-state index is 13.1. The van der Waals surface area contributed by atoms with Gasteiger partial charge in [0, 0.05) is 38.4 Å². The largest absolute Gasteiger partial charge is 0.445 e. The van der Waals surface area contributed by atoms with Gasteiger partial charge < -0.3 is 14.5 Å². The topological polar surface area (TPSA) is 36.0 Å². The molecule has 0 spiro atoms. The molecule has 1 amide bonds. The second-order valence-electron chi connectivity index (χ2n) is 9.30. The molecule has 0 saturated carbocycles. The van der Waals surface area contributed by atoms with Crippen molar-refractivity contribution in [2.45, 2.75) is 58.6 Å². The SMILES string of the molecule is CCCCN1CCN(c2ccc3c(c2)C(N(CC)C(=O)OCc2ccccc2)CCC3)CC1. The minimum atomic E-state index is -0.214. The first-order valence-electron chi connectivity index (χ1n) is 12.8. The predicted molar refractivity (Wildman–Crippen MR) is 135 cm³/mol. The molecule has 2 aromatic rings. The van der Waals surface area contributed by atoms with E-state index in [-0.39, 0.29) is 12.1 Å². The molecule has 4 rings (SSSR count). The molecular formula is C28H39N3O2. The highest BCUT2D eigenvalue weighted by atomic mass is 16.6. The minimum absolute atomic E-state index is 0.0906. The summed E-state index contributed by atoms with van der Waals surface area (Å²) < 4.78 is 5.71. The average Bonchev–Trinajstić information content (AvgIpc) is 2.87. The lowest BCUT2D eigenvalue weighted by molar-refractivity contribution is 0.0787. The quantitative estimate of drug-likeness (QED) is 0.522. The van der Waals surface area contributed by atoms with Gasteiger partial charge in [0.05, 0.1) is 6.04 Å². The summed E-state index contributed by atoms with van der Waals surface area (Å²) in [4.78, 5) is 20.1. The van der Waals surface area contributed by atoms with Crippen molar-refractivity contribution in [3.8, 4) is 0 Å². The zero-order valence-corrected chi connectivity index (χ0v) is 20.3. The van der Waals surface area contributed by atoms with Crippen LogP contribution in [0.4, 0.5) is 10.5 Å². The smallest absolute Gasteiger partial charge is 0.410 e. The lowest BCUT2D eigenvalue weighted by atomic mass is 9.86. The van der Waals surface area contributed by atoms with Crippen molar-refractivity contribution in [1.29, 1.82) is 0 Å². The zero-order chi connectivity index (χ0) is 23.0. The summed E-state index contributed by atoms with van der Waals surface area (Å²) in [5.41, 5.74) is 5.01. The molecule has 0 aromatic heterocycles. The Morgan fingerprint density at radius 3 is 2.58 bits per heavy atom. The minimum Gasteiger partial charge on any atom is -0.445 e. The van der Waals surface area contributed by atoms with Gasteiger partial charge in [-0.05, 0) is 68.0 Å². The molecule has 1 saturated heterocycles. The number of fused-ring (bicyclic) bond motifs is 1. The van der Waals surface area contributed by atoms with Gasteiger partial charge in [0.1, 0.15) is 6.61 Å². The second-order valence-corrected chi connectivity index (χ2v) is 9.30. The van der Waals surface area contributed by atoms with Gasteiger partial charge in [0.2, 0.25) is 0 Å². The van der Waals surface area contributed by atoms with Gasteiger partial charge in [-0.2, -0.15) is 0 Å². The van der Waals surface area contributed by atoms with Crippen LogP contribution in [0, 0.1) is 0 Å². The van der Waals surface area contributed by atoms with Crippen LogP contribution in [0.3, 0.4) is 0 Å². The summed E-state index contributed by atoms with van der Waals surface area (Å²) in [5.74, 6) is 0. The van der Waals surface area contributed by atoms with Crippen molar-refractivity contribution in [1.82, 2.24) is 9.80 Å². The number of ether oxygens (including phenoxy) is 1. The molecule has 2 aliphatic rings. The van der Waals surface area contributed by atoms with Crippen LogP contribution < -0.4 is 4.90 Å². The number of benzene rings is 2. The van der Waals surface area contributed by atoms with Gasteiger partial charge in [0.15, 0.2) is 0 Å². The van der Waals surface area contributed by atoms with E-state index in [1.165, 1.54) is 36.2 Å². The first kappa shape index (κ1) is 23.6. The van der Waals surface area contributed by atoms with E-state index < -0.39 is 0 Å². The number of hydrogen-bond donors (Lipinski definition) is 0. The second kappa shape index (κ2) is 11.6. The molecule has 1 heterocycles. The van der Waals surface area contributed by atoms with Gasteiger partial charge in [-0.15, -0.1) is 0 Å². The van der Waals surface area contributed by atoms with Gasteiger partial charge in [0.25, 0.3) is 0 Å². The van der Waals surface area contributed by atoms with Crippen LogP contribution in [0.15, 0.2) is 48.5 Å². The van der Waals surface area contributed by atoms with Crippen molar-refractivity contribution >= 4 is 11.8 Å². The number of carbonyl (C=O) groups excluding carboxylic acids is 1. The Balaban J connectivity index is 1.45. The lowest BCUT2D eigenvalue weighted by Gasteiger charge is -2.38. The monoisotopic (exact) mass is 449 g/mol. The van der Waals surface area contributed by atoms with Crippen LogP contribution in [-0.4, -0.2) is 55.2 Å². The Kier molecular flexibility index (Phi) is 8.27. The molecule has 1 aliphatic heterocycles. The van der Waals surface area contributed by atoms with Crippen molar-refractivity contribution in [3.05, 3.63) is 65.2 Å². The Hall–Kier alpha value is -2.53. The number of rotatable bonds is 8. The third-order valence-corrected chi connectivity index (χ3v) is 7.13. The van der Waals surface area contributed by atoms with Gasteiger partial charge in [-0.3, -0.25) is 4.90 Å². The van der Waals surface area contributed by atoms with E-state index in [0.29, 0.717) is 13.2 Å². The number of unbranched alkanes of at least 4 members (excludes halogenated alkanes) is 1. The van der Waals surface area contributed by atoms with Crippen molar-refractivity contribution in [2.24, 2.45) is 0 Å². The molecule has 0 bridgehead atoms. The summed E-state index contributed by atoms with van der Waals surface area (Å²) in [6.45, 7) is 10.9. The van der Waals surface area contributed by atoms with E-state index in [9.17, 15) is 4.79 Å². The number of aryl methyl sites for hydroxylation is 1. The molecule has 33 heavy (non-hydrogen) atoms. The third kappa shape index (κ3) is 5.89. The fraction of sp³-hybridized carbons (Fsp3) is 0.536. The third-order valence-electron chi connectivity index (χ3n) is 7.13. The van der Waals surface area contributed by atoms with Crippen molar-refractivity contribution in [3.63, 3.8) is 0 Å². The summed E-state index contributed by atoms with van der Waals surface area (Å²) in [5, 5.41) is 0. The van der Waals surface area contributed by atoms with Crippen LogP contribution in [0.5, 0.6) is 0 Å². The van der Waals surface area contributed by atoms with E-state index in [1.54, 1.807) is 0 Å². The van der Waals surface area contributed by atoms with Crippen LogP contribution >= 0.6 is 0 Å². The number of nitrogens with zero attached hydrogens (tertiary/aromatic N) is 3. The van der Waals surface area contributed by atoms with Crippen LogP contribution in [0.2, 0.25) is 0 Å². The van der Waals surface area contributed by atoms with E-state index in [1.807, 2.05) is 35.2 Å². The molecule has 178 valence electrons. The molecule has 5 nitrogen and oxygen atoms in total.